The lowest BCUT2D eigenvalue weighted by Crippen LogP contribution is -2.31. The number of likely N-dealkylation sites (tertiary alicyclic amines) is 2. The summed E-state index contributed by atoms with van der Waals surface area (Å²) < 4.78 is 0. The van der Waals surface area contributed by atoms with Gasteiger partial charge in [-0.3, -0.25) is 9.69 Å². The minimum Gasteiger partial charge on any atom is -0.338 e. The Hall–Kier alpha value is -1.86. The second-order valence-electron chi connectivity index (χ2n) is 7.86. The van der Waals surface area contributed by atoms with Crippen LogP contribution in [-0.4, -0.2) is 56.8 Å². The van der Waals surface area contributed by atoms with Gasteiger partial charge >= 0.3 is 0 Å². The summed E-state index contributed by atoms with van der Waals surface area (Å²) in [4.78, 5) is 30.7. The maximum Gasteiger partial charge on any atom is 0.257 e. The number of carbonyl (C=O) groups is 1. The molecule has 2 saturated heterocycles. The Kier molecular flexibility index (Phi) is 5.23. The van der Waals surface area contributed by atoms with Gasteiger partial charge in [0.1, 0.15) is 5.82 Å². The van der Waals surface area contributed by atoms with Crippen LogP contribution in [0, 0.1) is 32.6 Å². The first-order valence-corrected chi connectivity index (χ1v) is 10.6. The number of rotatable bonds is 3. The van der Waals surface area contributed by atoms with Gasteiger partial charge in [0, 0.05) is 31.2 Å². The third kappa shape index (κ3) is 4.04. The first-order valence-electron chi connectivity index (χ1n) is 9.72. The number of amides is 1. The number of carbonyl (C=O) groups excluding carboxylic acids is 1. The predicted molar refractivity (Wildman–Crippen MR) is 106 cm³/mol. The van der Waals surface area contributed by atoms with Gasteiger partial charge in [0.15, 0.2) is 0 Å². The molecule has 2 atom stereocenters. The fraction of sp³-hybridized carbons (Fsp3) is 0.600. The van der Waals surface area contributed by atoms with Gasteiger partial charge in [0.2, 0.25) is 0 Å². The Bertz CT molecular complexity index is 820. The smallest absolute Gasteiger partial charge is 0.257 e. The van der Waals surface area contributed by atoms with Crippen molar-refractivity contribution in [2.75, 3.05) is 26.2 Å². The number of fused-ring (bicyclic) bond motifs is 1. The zero-order valence-electron chi connectivity index (χ0n) is 16.3. The van der Waals surface area contributed by atoms with Crippen molar-refractivity contribution in [3.05, 3.63) is 39.4 Å². The molecule has 0 bridgehead atoms. The van der Waals surface area contributed by atoms with Crippen molar-refractivity contribution >= 4 is 17.2 Å². The van der Waals surface area contributed by atoms with Gasteiger partial charge in [-0.1, -0.05) is 0 Å². The number of aromatic nitrogens is 3. The van der Waals surface area contributed by atoms with E-state index in [0.717, 1.165) is 56.3 Å². The predicted octanol–water partition coefficient (Wildman–Crippen LogP) is 2.84. The maximum atomic E-state index is 12.9. The van der Waals surface area contributed by atoms with Gasteiger partial charge in [-0.2, -0.15) is 0 Å². The largest absolute Gasteiger partial charge is 0.338 e. The van der Waals surface area contributed by atoms with Crippen molar-refractivity contribution in [1.29, 1.82) is 0 Å². The van der Waals surface area contributed by atoms with Crippen molar-refractivity contribution in [2.24, 2.45) is 11.8 Å². The fourth-order valence-electron chi connectivity index (χ4n) is 4.40. The lowest BCUT2D eigenvalue weighted by atomic mass is 9.92. The zero-order valence-corrected chi connectivity index (χ0v) is 17.1. The fourth-order valence-corrected chi connectivity index (χ4v) is 5.00. The third-order valence-electron chi connectivity index (χ3n) is 5.88. The number of hydrogen-bond acceptors (Lipinski definition) is 6. The average molecular weight is 386 g/mol. The molecule has 4 heterocycles. The molecule has 2 aromatic rings. The van der Waals surface area contributed by atoms with Crippen LogP contribution in [0.1, 0.15) is 45.4 Å². The van der Waals surface area contributed by atoms with E-state index in [1.54, 1.807) is 17.5 Å². The van der Waals surface area contributed by atoms with Crippen LogP contribution in [0.5, 0.6) is 0 Å². The number of hydrogen-bond donors (Lipinski definition) is 0. The molecule has 2 aliphatic rings. The molecule has 4 rings (SSSR count). The minimum atomic E-state index is 0.0929. The van der Waals surface area contributed by atoms with E-state index in [4.69, 9.17) is 0 Å². The minimum absolute atomic E-state index is 0.0929. The van der Waals surface area contributed by atoms with Gasteiger partial charge in [-0.15, -0.1) is 11.3 Å². The monoisotopic (exact) mass is 385 g/mol. The van der Waals surface area contributed by atoms with E-state index in [2.05, 4.69) is 32.2 Å². The molecule has 0 aromatic carbocycles. The summed E-state index contributed by atoms with van der Waals surface area (Å²) in [6, 6.07) is 0. The van der Waals surface area contributed by atoms with Gasteiger partial charge < -0.3 is 4.90 Å². The summed E-state index contributed by atoms with van der Waals surface area (Å²) in [6.45, 7) is 10.7. The molecule has 0 saturated carbocycles. The summed E-state index contributed by atoms with van der Waals surface area (Å²) in [5, 5.41) is 3.31. The van der Waals surface area contributed by atoms with E-state index in [9.17, 15) is 4.79 Å². The number of thiazole rings is 1. The van der Waals surface area contributed by atoms with Crippen LogP contribution in [-0.2, 0) is 6.54 Å². The normalized spacial score (nSPS) is 23.3. The van der Waals surface area contributed by atoms with Gasteiger partial charge in [-0.05, 0) is 58.5 Å². The molecule has 0 aliphatic carbocycles. The summed E-state index contributed by atoms with van der Waals surface area (Å²) in [5.74, 6) is 2.01. The van der Waals surface area contributed by atoms with Crippen molar-refractivity contribution in [3.8, 4) is 0 Å². The molecule has 144 valence electrons. The number of nitrogens with zero attached hydrogens (tertiary/aromatic N) is 5. The Morgan fingerprint density at radius 2 is 1.85 bits per heavy atom. The molecule has 0 N–H and O–H groups in total. The summed E-state index contributed by atoms with van der Waals surface area (Å²) in [5.41, 5.74) is 2.62. The Morgan fingerprint density at radius 1 is 1.15 bits per heavy atom. The van der Waals surface area contributed by atoms with Gasteiger partial charge in [0.25, 0.3) is 5.91 Å². The molecule has 7 heteroatoms. The van der Waals surface area contributed by atoms with Crippen LogP contribution < -0.4 is 0 Å². The Balaban J connectivity index is 1.37. The van der Waals surface area contributed by atoms with E-state index >= 15 is 0 Å². The molecule has 6 nitrogen and oxygen atoms in total. The van der Waals surface area contributed by atoms with Crippen LogP contribution >= 0.6 is 11.3 Å². The van der Waals surface area contributed by atoms with Gasteiger partial charge in [-0.25, -0.2) is 15.0 Å². The molecular formula is C20H27N5OS. The topological polar surface area (TPSA) is 62.2 Å². The lowest BCUT2D eigenvalue weighted by molar-refractivity contribution is 0.0778. The van der Waals surface area contributed by atoms with Crippen molar-refractivity contribution in [3.63, 3.8) is 0 Å². The highest BCUT2D eigenvalue weighted by Gasteiger charge is 2.37. The van der Waals surface area contributed by atoms with Gasteiger partial charge in [0.05, 0.1) is 22.0 Å². The van der Waals surface area contributed by atoms with Crippen LogP contribution in [0.2, 0.25) is 0 Å². The Labute approximate surface area is 164 Å². The van der Waals surface area contributed by atoms with E-state index in [1.807, 2.05) is 18.7 Å². The van der Waals surface area contributed by atoms with Crippen LogP contribution in [0.3, 0.4) is 0 Å². The summed E-state index contributed by atoms with van der Waals surface area (Å²) in [7, 11) is 0. The van der Waals surface area contributed by atoms with Crippen molar-refractivity contribution in [1.82, 2.24) is 24.8 Å². The number of aryl methyl sites for hydroxylation is 3. The SMILES string of the molecule is Cc1ncc(C(=O)N2C[C@H]3CCN(Cc4csc(C)n4)CC[C@H]3C2)c(C)n1. The van der Waals surface area contributed by atoms with Crippen LogP contribution in [0.25, 0.3) is 0 Å². The van der Waals surface area contributed by atoms with E-state index in [0.29, 0.717) is 23.2 Å². The first-order chi connectivity index (χ1) is 13.0. The molecule has 1 amide bonds. The second-order valence-corrected chi connectivity index (χ2v) is 8.92. The molecule has 27 heavy (non-hydrogen) atoms. The molecule has 2 aliphatic heterocycles. The van der Waals surface area contributed by atoms with E-state index < -0.39 is 0 Å². The Morgan fingerprint density at radius 3 is 2.44 bits per heavy atom. The van der Waals surface area contributed by atoms with Crippen molar-refractivity contribution < 1.29 is 4.79 Å². The third-order valence-corrected chi connectivity index (χ3v) is 6.70. The first kappa shape index (κ1) is 18.5. The zero-order chi connectivity index (χ0) is 19.0. The second kappa shape index (κ2) is 7.64. The van der Waals surface area contributed by atoms with Crippen LogP contribution in [0.4, 0.5) is 0 Å². The lowest BCUT2D eigenvalue weighted by Gasteiger charge is -2.21. The summed E-state index contributed by atoms with van der Waals surface area (Å²) >= 11 is 1.73. The molecular weight excluding hydrogens is 358 g/mol. The highest BCUT2D eigenvalue weighted by molar-refractivity contribution is 7.09. The van der Waals surface area contributed by atoms with E-state index in [1.165, 1.54) is 5.69 Å². The average Bonchev–Trinajstić information content (AvgIpc) is 3.18. The highest BCUT2D eigenvalue weighted by atomic mass is 32.1. The quantitative estimate of drug-likeness (QED) is 0.813. The van der Waals surface area contributed by atoms with Crippen molar-refractivity contribution in [2.45, 2.75) is 40.2 Å². The highest BCUT2D eigenvalue weighted by Crippen LogP contribution is 2.33. The van der Waals surface area contributed by atoms with Crippen LogP contribution in [0.15, 0.2) is 11.6 Å². The van der Waals surface area contributed by atoms with E-state index in [-0.39, 0.29) is 5.91 Å². The standard InChI is InChI=1S/C20H27N5OS/c1-13-19(8-21-14(2)22-13)20(26)25-9-16-4-6-24(7-5-17(16)10-25)11-18-12-27-15(3)23-18/h8,12,16-17H,4-7,9-11H2,1-3H3/t16-,17+. The summed E-state index contributed by atoms with van der Waals surface area (Å²) in [6.07, 6.45) is 3.99. The molecule has 0 spiro atoms. The molecule has 2 fully saturated rings. The maximum absolute atomic E-state index is 12.9. The molecule has 0 radical (unpaired) electrons. The molecule has 2 aromatic heterocycles. The molecule has 0 unspecified atom stereocenters.